The minimum atomic E-state index is -0.178. The number of fused-ring (bicyclic) bond motifs is 1. The van der Waals surface area contributed by atoms with E-state index >= 15 is 0 Å². The number of methoxy groups -OCH3 is 3. The van der Waals surface area contributed by atoms with Crippen LogP contribution >= 0.6 is 11.6 Å². The summed E-state index contributed by atoms with van der Waals surface area (Å²) in [7, 11) is 4.58. The third kappa shape index (κ3) is 2.78. The van der Waals surface area contributed by atoms with Gasteiger partial charge in [0.15, 0.2) is 16.9 Å². The van der Waals surface area contributed by atoms with Gasteiger partial charge in [0.2, 0.25) is 5.75 Å². The molecule has 0 unspecified atom stereocenters. The lowest BCUT2D eigenvalue weighted by Gasteiger charge is -2.14. The van der Waals surface area contributed by atoms with Crippen molar-refractivity contribution in [2.45, 2.75) is 0 Å². The lowest BCUT2D eigenvalue weighted by atomic mass is 10.1. The maximum absolute atomic E-state index is 12.4. The Bertz CT molecular complexity index is 936. The van der Waals surface area contributed by atoms with E-state index in [0.29, 0.717) is 44.6 Å². The van der Waals surface area contributed by atoms with E-state index in [1.807, 2.05) is 0 Å². The van der Waals surface area contributed by atoms with Crippen LogP contribution in [0.2, 0.25) is 5.02 Å². The minimum Gasteiger partial charge on any atom is -0.493 e. The van der Waals surface area contributed by atoms with E-state index in [2.05, 4.69) is 0 Å². The lowest BCUT2D eigenvalue weighted by Crippen LogP contribution is -2.01. The van der Waals surface area contributed by atoms with Gasteiger partial charge in [-0.25, -0.2) is 0 Å². The Morgan fingerprint density at radius 2 is 1.58 bits per heavy atom. The van der Waals surface area contributed by atoms with Gasteiger partial charge in [-0.3, -0.25) is 4.79 Å². The van der Waals surface area contributed by atoms with E-state index in [0.717, 1.165) is 0 Å². The smallest absolute Gasteiger partial charge is 0.203 e. The highest BCUT2D eigenvalue weighted by Gasteiger charge is 2.16. The molecule has 0 bridgehead atoms. The van der Waals surface area contributed by atoms with Gasteiger partial charge in [-0.15, -0.1) is 0 Å². The summed E-state index contributed by atoms with van der Waals surface area (Å²) in [5.74, 6) is 1.82. The number of hydrogen-bond acceptors (Lipinski definition) is 5. The van der Waals surface area contributed by atoms with Gasteiger partial charge in [0.25, 0.3) is 0 Å². The summed E-state index contributed by atoms with van der Waals surface area (Å²) in [5, 5.41) is 0.911. The molecule has 3 rings (SSSR count). The van der Waals surface area contributed by atoms with E-state index in [9.17, 15) is 4.79 Å². The van der Waals surface area contributed by atoms with Crippen LogP contribution in [0.5, 0.6) is 17.2 Å². The fraction of sp³-hybridized carbons (Fsp3) is 0.167. The van der Waals surface area contributed by atoms with Crippen LogP contribution in [0.4, 0.5) is 0 Å². The summed E-state index contributed by atoms with van der Waals surface area (Å²) < 4.78 is 21.8. The average Bonchev–Trinajstić information content (AvgIpc) is 2.60. The molecule has 124 valence electrons. The van der Waals surface area contributed by atoms with Gasteiger partial charge in [0.1, 0.15) is 11.3 Å². The molecule has 0 fully saturated rings. The predicted molar refractivity (Wildman–Crippen MR) is 92.6 cm³/mol. The van der Waals surface area contributed by atoms with Gasteiger partial charge in [-0.05, 0) is 30.3 Å². The maximum Gasteiger partial charge on any atom is 0.203 e. The number of rotatable bonds is 4. The van der Waals surface area contributed by atoms with E-state index in [4.69, 9.17) is 30.2 Å². The molecular formula is C18H15ClO5. The number of ether oxygens (including phenoxy) is 3. The largest absolute Gasteiger partial charge is 0.493 e. The first-order valence-corrected chi connectivity index (χ1v) is 7.49. The molecule has 0 aliphatic rings. The Labute approximate surface area is 143 Å². The van der Waals surface area contributed by atoms with Crippen molar-refractivity contribution < 1.29 is 18.6 Å². The topological polar surface area (TPSA) is 57.9 Å². The van der Waals surface area contributed by atoms with Crippen molar-refractivity contribution in [3.8, 4) is 28.6 Å². The molecule has 0 spiro atoms. The SMILES string of the molecule is COc1cc(-c2cc(=O)c3cc(Cl)ccc3o2)cc(OC)c1OC. The van der Waals surface area contributed by atoms with Crippen molar-refractivity contribution in [2.75, 3.05) is 21.3 Å². The Morgan fingerprint density at radius 1 is 0.917 bits per heavy atom. The third-order valence-corrected chi connectivity index (χ3v) is 3.87. The molecule has 0 aliphatic heterocycles. The van der Waals surface area contributed by atoms with E-state index in [1.165, 1.54) is 27.4 Å². The molecule has 3 aromatic rings. The van der Waals surface area contributed by atoms with Crippen LogP contribution in [0.25, 0.3) is 22.3 Å². The third-order valence-electron chi connectivity index (χ3n) is 3.64. The molecule has 5 nitrogen and oxygen atoms in total. The van der Waals surface area contributed by atoms with Gasteiger partial charge in [0.05, 0.1) is 26.7 Å². The molecule has 0 aliphatic carbocycles. The summed E-state index contributed by atoms with van der Waals surface area (Å²) >= 11 is 5.93. The standard InChI is InChI=1S/C18H15ClO5/c1-21-16-6-10(7-17(22-2)18(16)23-3)15-9-13(20)12-8-11(19)4-5-14(12)24-15/h4-9H,1-3H3. The molecule has 0 radical (unpaired) electrons. The quantitative estimate of drug-likeness (QED) is 0.710. The van der Waals surface area contributed by atoms with E-state index in [1.54, 1.807) is 30.3 Å². The van der Waals surface area contributed by atoms with Crippen molar-refractivity contribution in [3.63, 3.8) is 0 Å². The van der Waals surface area contributed by atoms with Gasteiger partial charge in [-0.2, -0.15) is 0 Å². The average molecular weight is 347 g/mol. The summed E-state index contributed by atoms with van der Waals surface area (Å²) in [6.45, 7) is 0. The number of hydrogen-bond donors (Lipinski definition) is 0. The van der Waals surface area contributed by atoms with Crippen LogP contribution in [-0.4, -0.2) is 21.3 Å². The van der Waals surface area contributed by atoms with Crippen LogP contribution in [0.1, 0.15) is 0 Å². The molecule has 0 N–H and O–H groups in total. The first kappa shape index (κ1) is 16.2. The van der Waals surface area contributed by atoms with Crippen LogP contribution in [-0.2, 0) is 0 Å². The Morgan fingerprint density at radius 3 is 2.17 bits per heavy atom. The fourth-order valence-corrected chi connectivity index (χ4v) is 2.67. The number of benzene rings is 2. The Balaban J connectivity index is 2.24. The van der Waals surface area contributed by atoms with Crippen LogP contribution in [0.3, 0.4) is 0 Å². The maximum atomic E-state index is 12.4. The van der Waals surface area contributed by atoms with Crippen molar-refractivity contribution >= 4 is 22.6 Å². The van der Waals surface area contributed by atoms with Crippen molar-refractivity contribution in [2.24, 2.45) is 0 Å². The molecular weight excluding hydrogens is 332 g/mol. The molecule has 6 heteroatoms. The zero-order valence-electron chi connectivity index (χ0n) is 13.4. The Hall–Kier alpha value is -2.66. The summed E-state index contributed by atoms with van der Waals surface area (Å²) in [6, 6.07) is 9.79. The summed E-state index contributed by atoms with van der Waals surface area (Å²) in [4.78, 5) is 12.4. The fourth-order valence-electron chi connectivity index (χ4n) is 2.49. The highest BCUT2D eigenvalue weighted by Crippen LogP contribution is 2.41. The molecule has 24 heavy (non-hydrogen) atoms. The molecule has 2 aromatic carbocycles. The van der Waals surface area contributed by atoms with Gasteiger partial charge in [-0.1, -0.05) is 11.6 Å². The lowest BCUT2D eigenvalue weighted by molar-refractivity contribution is 0.324. The van der Waals surface area contributed by atoms with Crippen molar-refractivity contribution in [1.82, 2.24) is 0 Å². The monoisotopic (exact) mass is 346 g/mol. The van der Waals surface area contributed by atoms with Gasteiger partial charge < -0.3 is 18.6 Å². The molecule has 1 heterocycles. The van der Waals surface area contributed by atoms with Crippen molar-refractivity contribution in [3.05, 3.63) is 51.6 Å². The Kier molecular flexibility index (Phi) is 4.36. The van der Waals surface area contributed by atoms with Crippen molar-refractivity contribution in [1.29, 1.82) is 0 Å². The molecule has 0 saturated heterocycles. The zero-order valence-corrected chi connectivity index (χ0v) is 14.1. The molecule has 0 atom stereocenters. The van der Waals surface area contributed by atoms with E-state index in [-0.39, 0.29) is 5.43 Å². The molecule has 0 saturated carbocycles. The van der Waals surface area contributed by atoms with Crippen LogP contribution in [0.15, 0.2) is 45.6 Å². The highest BCUT2D eigenvalue weighted by atomic mass is 35.5. The zero-order chi connectivity index (χ0) is 17.3. The predicted octanol–water partition coefficient (Wildman–Crippen LogP) is 4.14. The first-order chi connectivity index (χ1) is 11.6. The van der Waals surface area contributed by atoms with E-state index < -0.39 is 0 Å². The second-order valence-electron chi connectivity index (χ2n) is 5.03. The van der Waals surface area contributed by atoms with Gasteiger partial charge >= 0.3 is 0 Å². The molecule has 0 amide bonds. The first-order valence-electron chi connectivity index (χ1n) is 7.11. The van der Waals surface area contributed by atoms with Crippen LogP contribution in [0, 0.1) is 0 Å². The summed E-state index contributed by atoms with van der Waals surface area (Å²) in [6.07, 6.45) is 0. The minimum absolute atomic E-state index is 0.178. The van der Waals surface area contributed by atoms with Crippen LogP contribution < -0.4 is 19.6 Å². The van der Waals surface area contributed by atoms with Gasteiger partial charge in [0, 0.05) is 16.7 Å². The second kappa shape index (κ2) is 6.45. The normalized spacial score (nSPS) is 10.7. The molecule has 1 aromatic heterocycles. The summed E-state index contributed by atoms with van der Waals surface area (Å²) in [5.41, 5.74) is 0.914. The second-order valence-corrected chi connectivity index (χ2v) is 5.47. The highest BCUT2D eigenvalue weighted by molar-refractivity contribution is 6.31. The number of halogens is 1.